The Labute approximate surface area is 162 Å². The predicted molar refractivity (Wildman–Crippen MR) is 107 cm³/mol. The summed E-state index contributed by atoms with van der Waals surface area (Å²) in [6, 6.07) is 19.4. The number of aromatic carboxylic acids is 1. The summed E-state index contributed by atoms with van der Waals surface area (Å²) < 4.78 is 14.9. The van der Waals surface area contributed by atoms with Crippen LogP contribution in [0.5, 0.6) is 5.75 Å². The molecule has 3 nitrogen and oxygen atoms in total. The molecule has 0 heterocycles. The highest BCUT2D eigenvalue weighted by molar-refractivity contribution is 6.01. The standard InChI is InChI=1S/C24H19FO3/c25-23-20(10-5-11-21(23)26)22-18(15-6-2-1-3-7-15)9-4-8-16-14-17(24(27)28)12-13-19(16)22/h1-3,5-7,10-14,26H,4,8-9H2,(H,27,28). The second kappa shape index (κ2) is 7.31. The van der Waals surface area contributed by atoms with Gasteiger partial charge in [0.2, 0.25) is 0 Å². The molecule has 0 radical (unpaired) electrons. The lowest BCUT2D eigenvalue weighted by Gasteiger charge is -2.17. The maximum absolute atomic E-state index is 14.9. The zero-order valence-electron chi connectivity index (χ0n) is 15.2. The Hall–Kier alpha value is -3.40. The lowest BCUT2D eigenvalue weighted by molar-refractivity contribution is 0.0696. The quantitative estimate of drug-likeness (QED) is 0.634. The van der Waals surface area contributed by atoms with Crippen molar-refractivity contribution in [2.45, 2.75) is 19.3 Å². The summed E-state index contributed by atoms with van der Waals surface area (Å²) in [6.07, 6.45) is 2.26. The van der Waals surface area contributed by atoms with Crippen LogP contribution in [0.25, 0.3) is 11.1 Å². The molecule has 0 aromatic heterocycles. The SMILES string of the molecule is O=C(O)c1ccc2c(c1)CCCC(c1ccccc1)=C2c1cccc(O)c1F. The first-order chi connectivity index (χ1) is 13.6. The van der Waals surface area contributed by atoms with E-state index < -0.39 is 17.5 Å². The summed E-state index contributed by atoms with van der Waals surface area (Å²) in [5.74, 6) is -2.05. The molecule has 0 amide bonds. The zero-order chi connectivity index (χ0) is 19.7. The highest BCUT2D eigenvalue weighted by Gasteiger charge is 2.24. The van der Waals surface area contributed by atoms with Gasteiger partial charge in [-0.1, -0.05) is 48.5 Å². The third-order valence-corrected chi connectivity index (χ3v) is 5.17. The summed E-state index contributed by atoms with van der Waals surface area (Å²) in [4.78, 5) is 11.4. The third-order valence-electron chi connectivity index (χ3n) is 5.17. The van der Waals surface area contributed by atoms with E-state index in [-0.39, 0.29) is 5.56 Å². The van der Waals surface area contributed by atoms with Crippen LogP contribution in [0.15, 0.2) is 66.7 Å². The molecule has 0 spiro atoms. The lowest BCUT2D eigenvalue weighted by Crippen LogP contribution is -2.02. The number of rotatable bonds is 3. The molecule has 1 aliphatic carbocycles. The van der Waals surface area contributed by atoms with Gasteiger partial charge in [0, 0.05) is 5.56 Å². The number of carboxylic acids is 1. The van der Waals surface area contributed by atoms with Crippen LogP contribution in [0, 0.1) is 5.82 Å². The summed E-state index contributed by atoms with van der Waals surface area (Å²) >= 11 is 0. The van der Waals surface area contributed by atoms with E-state index in [9.17, 15) is 19.4 Å². The molecule has 3 aromatic carbocycles. The normalized spacial score (nSPS) is 13.8. The van der Waals surface area contributed by atoms with E-state index >= 15 is 0 Å². The number of fused-ring (bicyclic) bond motifs is 1. The van der Waals surface area contributed by atoms with Crippen molar-refractivity contribution in [2.75, 3.05) is 0 Å². The van der Waals surface area contributed by atoms with Crippen LogP contribution < -0.4 is 0 Å². The minimum Gasteiger partial charge on any atom is -0.505 e. The number of benzene rings is 3. The number of phenolic OH excluding ortho intramolecular Hbond substituents is 1. The van der Waals surface area contributed by atoms with Crippen LogP contribution in [0.2, 0.25) is 0 Å². The van der Waals surface area contributed by atoms with E-state index in [1.54, 1.807) is 30.3 Å². The largest absolute Gasteiger partial charge is 0.505 e. The van der Waals surface area contributed by atoms with Gasteiger partial charge < -0.3 is 10.2 Å². The Morgan fingerprint density at radius 1 is 0.893 bits per heavy atom. The van der Waals surface area contributed by atoms with Crippen molar-refractivity contribution in [2.24, 2.45) is 0 Å². The summed E-state index contributed by atoms with van der Waals surface area (Å²) in [5, 5.41) is 19.3. The molecule has 4 rings (SSSR count). The number of hydrogen-bond donors (Lipinski definition) is 2. The molecular weight excluding hydrogens is 355 g/mol. The van der Waals surface area contributed by atoms with Gasteiger partial charge in [-0.2, -0.15) is 0 Å². The molecule has 0 saturated heterocycles. The number of aromatic hydroxyl groups is 1. The number of halogens is 1. The van der Waals surface area contributed by atoms with Gasteiger partial charge >= 0.3 is 5.97 Å². The van der Waals surface area contributed by atoms with Crippen LogP contribution >= 0.6 is 0 Å². The smallest absolute Gasteiger partial charge is 0.335 e. The Morgan fingerprint density at radius 2 is 1.68 bits per heavy atom. The number of phenols is 1. The fourth-order valence-electron chi connectivity index (χ4n) is 3.87. The van der Waals surface area contributed by atoms with Crippen molar-refractivity contribution in [1.29, 1.82) is 0 Å². The summed E-state index contributed by atoms with van der Waals surface area (Å²) in [5.41, 5.74) is 4.93. The van der Waals surface area contributed by atoms with Crippen molar-refractivity contribution in [1.82, 2.24) is 0 Å². The maximum atomic E-state index is 14.9. The van der Waals surface area contributed by atoms with Gasteiger partial charge in [0.05, 0.1) is 5.56 Å². The highest BCUT2D eigenvalue weighted by Crippen LogP contribution is 2.41. The Balaban J connectivity index is 2.05. The van der Waals surface area contributed by atoms with Gasteiger partial charge in [-0.15, -0.1) is 0 Å². The Bertz CT molecular complexity index is 1080. The molecule has 0 aliphatic heterocycles. The predicted octanol–water partition coefficient (Wildman–Crippen LogP) is 5.52. The first-order valence-electron chi connectivity index (χ1n) is 9.19. The second-order valence-electron chi connectivity index (χ2n) is 6.89. The van der Waals surface area contributed by atoms with Gasteiger partial charge in [-0.05, 0) is 65.3 Å². The van der Waals surface area contributed by atoms with Gasteiger partial charge in [-0.3, -0.25) is 0 Å². The summed E-state index contributed by atoms with van der Waals surface area (Å²) in [7, 11) is 0. The fourth-order valence-corrected chi connectivity index (χ4v) is 3.87. The molecule has 0 bridgehead atoms. The third kappa shape index (κ3) is 3.18. The molecule has 140 valence electrons. The minimum absolute atomic E-state index is 0.220. The van der Waals surface area contributed by atoms with Crippen molar-refractivity contribution < 1.29 is 19.4 Å². The molecule has 0 atom stereocenters. The molecule has 3 aromatic rings. The van der Waals surface area contributed by atoms with Crippen LogP contribution in [0.4, 0.5) is 4.39 Å². The van der Waals surface area contributed by atoms with Gasteiger partial charge in [0.15, 0.2) is 11.6 Å². The molecule has 1 aliphatic rings. The van der Waals surface area contributed by atoms with Crippen LogP contribution in [-0.4, -0.2) is 16.2 Å². The number of allylic oxidation sites excluding steroid dienone is 1. The fraction of sp³-hybridized carbons (Fsp3) is 0.125. The van der Waals surface area contributed by atoms with Crippen LogP contribution in [0.1, 0.15) is 45.5 Å². The van der Waals surface area contributed by atoms with Crippen molar-refractivity contribution in [3.05, 3.63) is 100 Å². The van der Waals surface area contributed by atoms with E-state index in [0.29, 0.717) is 17.6 Å². The van der Waals surface area contributed by atoms with Crippen LogP contribution in [0.3, 0.4) is 0 Å². The number of carboxylic acid groups (broad SMARTS) is 1. The number of carbonyl (C=O) groups is 1. The zero-order valence-corrected chi connectivity index (χ0v) is 15.2. The van der Waals surface area contributed by atoms with Crippen LogP contribution in [-0.2, 0) is 6.42 Å². The van der Waals surface area contributed by atoms with Gasteiger partial charge in [0.25, 0.3) is 0 Å². The molecule has 4 heteroatoms. The monoisotopic (exact) mass is 374 g/mol. The van der Waals surface area contributed by atoms with Gasteiger partial charge in [0.1, 0.15) is 0 Å². The first-order valence-corrected chi connectivity index (χ1v) is 9.19. The number of hydrogen-bond acceptors (Lipinski definition) is 2. The van der Waals surface area contributed by atoms with Crippen molar-refractivity contribution in [3.63, 3.8) is 0 Å². The lowest BCUT2D eigenvalue weighted by atomic mass is 9.87. The van der Waals surface area contributed by atoms with E-state index in [1.165, 1.54) is 6.07 Å². The number of aryl methyl sites for hydroxylation is 1. The van der Waals surface area contributed by atoms with Crippen molar-refractivity contribution in [3.8, 4) is 5.75 Å². The molecule has 28 heavy (non-hydrogen) atoms. The molecule has 0 saturated carbocycles. The van der Waals surface area contributed by atoms with E-state index in [0.717, 1.165) is 35.1 Å². The molecular formula is C24H19FO3. The Morgan fingerprint density at radius 3 is 2.43 bits per heavy atom. The molecule has 0 unspecified atom stereocenters. The maximum Gasteiger partial charge on any atom is 0.335 e. The average Bonchev–Trinajstić information content (AvgIpc) is 2.89. The summed E-state index contributed by atoms with van der Waals surface area (Å²) in [6.45, 7) is 0. The van der Waals surface area contributed by atoms with Crippen molar-refractivity contribution >= 4 is 17.1 Å². The highest BCUT2D eigenvalue weighted by atomic mass is 19.1. The van der Waals surface area contributed by atoms with E-state index in [1.807, 2.05) is 30.3 Å². The van der Waals surface area contributed by atoms with Gasteiger partial charge in [-0.25, -0.2) is 9.18 Å². The molecule has 0 fully saturated rings. The van der Waals surface area contributed by atoms with E-state index in [2.05, 4.69) is 0 Å². The molecule has 2 N–H and O–H groups in total. The first kappa shape index (κ1) is 18.0. The minimum atomic E-state index is -0.982. The second-order valence-corrected chi connectivity index (χ2v) is 6.89. The van der Waals surface area contributed by atoms with E-state index in [4.69, 9.17) is 0 Å². The average molecular weight is 374 g/mol. The topological polar surface area (TPSA) is 57.5 Å². The Kier molecular flexibility index (Phi) is 4.70.